The molecule has 1 N–H and O–H groups in total. The van der Waals surface area contributed by atoms with E-state index in [1.165, 1.54) is 11.3 Å². The molecule has 1 amide bonds. The van der Waals surface area contributed by atoms with Gasteiger partial charge in [0.1, 0.15) is 10.8 Å². The number of hydrogen-bond donors (Lipinski definition) is 1. The lowest BCUT2D eigenvalue weighted by Gasteiger charge is -2.12. The number of carbonyl (C=O) groups is 1. The summed E-state index contributed by atoms with van der Waals surface area (Å²) in [6.07, 6.45) is 0.0424. The van der Waals surface area contributed by atoms with Crippen LogP contribution in [0.5, 0.6) is 5.75 Å². The zero-order valence-electron chi connectivity index (χ0n) is 15.7. The Morgan fingerprint density at radius 1 is 1.14 bits per heavy atom. The van der Waals surface area contributed by atoms with Gasteiger partial charge in [0.05, 0.1) is 11.8 Å². The molecule has 0 bridgehead atoms. The normalized spacial score (nSPS) is 11.1. The summed E-state index contributed by atoms with van der Waals surface area (Å²) in [5, 5.41) is 16.4. The molecule has 7 nitrogen and oxygen atoms in total. The minimum atomic E-state index is -0.208. The molecule has 142 valence electrons. The second-order valence-corrected chi connectivity index (χ2v) is 7.50. The maximum atomic E-state index is 12.8. The molecule has 8 heteroatoms. The van der Waals surface area contributed by atoms with Gasteiger partial charge in [-0.15, -0.1) is 10.2 Å². The van der Waals surface area contributed by atoms with Crippen molar-refractivity contribution < 1.29 is 9.53 Å². The summed E-state index contributed by atoms with van der Waals surface area (Å²) in [7, 11) is 0. The van der Waals surface area contributed by atoms with Crippen molar-refractivity contribution in [2.75, 3.05) is 5.32 Å². The van der Waals surface area contributed by atoms with Crippen LogP contribution in [0.4, 0.5) is 5.69 Å². The van der Waals surface area contributed by atoms with Crippen LogP contribution < -0.4 is 10.1 Å². The molecule has 4 aromatic rings. The van der Waals surface area contributed by atoms with Crippen molar-refractivity contribution in [3.05, 3.63) is 59.9 Å². The number of ether oxygens (including phenoxy) is 1. The monoisotopic (exact) mass is 393 g/mol. The third-order valence-electron chi connectivity index (χ3n) is 4.02. The first-order valence-corrected chi connectivity index (χ1v) is 9.69. The van der Waals surface area contributed by atoms with Crippen molar-refractivity contribution in [1.82, 2.24) is 19.8 Å². The number of anilines is 1. The second kappa shape index (κ2) is 7.40. The Balaban J connectivity index is 1.63. The molecule has 0 aliphatic heterocycles. The van der Waals surface area contributed by atoms with Crippen LogP contribution in [0.3, 0.4) is 0 Å². The van der Waals surface area contributed by atoms with Gasteiger partial charge in [-0.1, -0.05) is 29.5 Å². The van der Waals surface area contributed by atoms with Crippen molar-refractivity contribution >= 4 is 27.9 Å². The van der Waals surface area contributed by atoms with Gasteiger partial charge in [0.15, 0.2) is 5.82 Å². The number of para-hydroxylation sites is 1. The van der Waals surface area contributed by atoms with E-state index in [2.05, 4.69) is 20.6 Å². The molecule has 0 radical (unpaired) electrons. The van der Waals surface area contributed by atoms with Crippen LogP contribution in [0.1, 0.15) is 30.0 Å². The molecular formula is C20H19N5O2S. The number of amides is 1. The fourth-order valence-electron chi connectivity index (χ4n) is 2.78. The molecule has 2 aromatic heterocycles. The average Bonchev–Trinajstić information content (AvgIpc) is 3.24. The highest BCUT2D eigenvalue weighted by atomic mass is 32.1. The first-order valence-electron chi connectivity index (χ1n) is 8.87. The molecule has 0 fully saturated rings. The van der Waals surface area contributed by atoms with Gasteiger partial charge in [-0.2, -0.15) is 9.61 Å². The van der Waals surface area contributed by atoms with E-state index in [1.54, 1.807) is 16.6 Å². The largest absolute Gasteiger partial charge is 0.491 e. The second-order valence-electron chi connectivity index (χ2n) is 6.54. The minimum absolute atomic E-state index is 0.0424. The van der Waals surface area contributed by atoms with Crippen molar-refractivity contribution in [1.29, 1.82) is 0 Å². The fraction of sp³-hybridized carbons (Fsp3) is 0.200. The topological polar surface area (TPSA) is 81.4 Å². The summed E-state index contributed by atoms with van der Waals surface area (Å²) in [4.78, 5) is 13.5. The number of fused-ring (bicyclic) bond motifs is 1. The number of nitrogens with one attached hydrogen (secondary N) is 1. The zero-order chi connectivity index (χ0) is 19.7. The number of aryl methyl sites for hydroxylation is 1. The van der Waals surface area contributed by atoms with Gasteiger partial charge in [-0.25, -0.2) is 0 Å². The maximum absolute atomic E-state index is 12.8. The Labute approximate surface area is 166 Å². The number of rotatable bonds is 5. The third-order valence-corrected chi connectivity index (χ3v) is 4.95. The highest BCUT2D eigenvalue weighted by Gasteiger charge is 2.16. The summed E-state index contributed by atoms with van der Waals surface area (Å²) < 4.78 is 7.38. The van der Waals surface area contributed by atoms with Crippen molar-refractivity contribution in [3.63, 3.8) is 0 Å². The summed E-state index contributed by atoms with van der Waals surface area (Å²) in [6.45, 7) is 5.75. The molecule has 0 atom stereocenters. The lowest BCUT2D eigenvalue weighted by molar-refractivity contribution is 0.102. The summed E-state index contributed by atoms with van der Waals surface area (Å²) in [6, 6.07) is 14.7. The number of hydrogen-bond acceptors (Lipinski definition) is 6. The smallest absolute Gasteiger partial charge is 0.255 e. The molecule has 0 aliphatic rings. The Bertz CT molecular complexity index is 1150. The molecule has 0 saturated carbocycles. The van der Waals surface area contributed by atoms with Crippen LogP contribution in [0.15, 0.2) is 48.5 Å². The predicted molar refractivity (Wildman–Crippen MR) is 109 cm³/mol. The average molecular weight is 393 g/mol. The third kappa shape index (κ3) is 3.59. The van der Waals surface area contributed by atoms with E-state index >= 15 is 0 Å². The van der Waals surface area contributed by atoms with Crippen molar-refractivity contribution in [3.8, 4) is 16.3 Å². The molecule has 4 rings (SSSR count). The molecule has 0 spiro atoms. The van der Waals surface area contributed by atoms with Gasteiger partial charge in [-0.05, 0) is 51.1 Å². The summed E-state index contributed by atoms with van der Waals surface area (Å²) >= 11 is 1.42. The molecule has 2 heterocycles. The van der Waals surface area contributed by atoms with Gasteiger partial charge in [-0.3, -0.25) is 4.79 Å². The van der Waals surface area contributed by atoms with Crippen molar-refractivity contribution in [2.24, 2.45) is 0 Å². The van der Waals surface area contributed by atoms with E-state index < -0.39 is 0 Å². The number of aromatic nitrogens is 4. The molecule has 0 aliphatic carbocycles. The minimum Gasteiger partial charge on any atom is -0.491 e. The first-order chi connectivity index (χ1) is 13.5. The van der Waals surface area contributed by atoms with Crippen LogP contribution in [0.25, 0.3) is 15.5 Å². The van der Waals surface area contributed by atoms with Crippen LogP contribution >= 0.6 is 11.3 Å². The first kappa shape index (κ1) is 18.1. The van der Waals surface area contributed by atoms with E-state index in [0.717, 1.165) is 16.4 Å². The quantitative estimate of drug-likeness (QED) is 0.549. The lowest BCUT2D eigenvalue weighted by atomic mass is 10.1. The molecular weight excluding hydrogens is 374 g/mol. The van der Waals surface area contributed by atoms with Crippen LogP contribution in [0, 0.1) is 6.92 Å². The molecule has 28 heavy (non-hydrogen) atoms. The molecule has 0 saturated heterocycles. The summed E-state index contributed by atoms with van der Waals surface area (Å²) in [5.41, 5.74) is 2.05. The van der Waals surface area contributed by atoms with Gasteiger partial charge in [0.2, 0.25) is 4.96 Å². The Kier molecular flexibility index (Phi) is 4.79. The van der Waals surface area contributed by atoms with Gasteiger partial charge < -0.3 is 10.1 Å². The van der Waals surface area contributed by atoms with Crippen LogP contribution in [-0.4, -0.2) is 31.8 Å². The lowest BCUT2D eigenvalue weighted by Crippen LogP contribution is -2.13. The van der Waals surface area contributed by atoms with E-state index in [-0.39, 0.29) is 12.0 Å². The van der Waals surface area contributed by atoms with Gasteiger partial charge >= 0.3 is 0 Å². The fourth-order valence-corrected chi connectivity index (χ4v) is 3.70. The SMILES string of the molecule is Cc1nnc2sc(-c3ccccc3NC(=O)c3cccc(OC(C)C)c3)nn12. The van der Waals surface area contributed by atoms with E-state index in [0.29, 0.717) is 22.0 Å². The van der Waals surface area contributed by atoms with Crippen LogP contribution in [0.2, 0.25) is 0 Å². The van der Waals surface area contributed by atoms with Gasteiger partial charge in [0, 0.05) is 11.1 Å². The van der Waals surface area contributed by atoms with E-state index in [1.807, 2.05) is 57.2 Å². The molecule has 2 aromatic carbocycles. The Morgan fingerprint density at radius 3 is 2.75 bits per heavy atom. The maximum Gasteiger partial charge on any atom is 0.255 e. The highest BCUT2D eigenvalue weighted by molar-refractivity contribution is 7.19. The Hall–Kier alpha value is -3.26. The van der Waals surface area contributed by atoms with Gasteiger partial charge in [0.25, 0.3) is 5.91 Å². The zero-order valence-corrected chi connectivity index (χ0v) is 16.5. The highest BCUT2D eigenvalue weighted by Crippen LogP contribution is 2.31. The number of nitrogens with zero attached hydrogens (tertiary/aromatic N) is 4. The standard InChI is InChI=1S/C20H19N5O2S/c1-12(2)27-15-8-6-7-14(11-15)18(26)21-17-10-5-4-9-16(17)19-24-25-13(3)22-23-20(25)28-19/h4-12H,1-3H3,(H,21,26). The van der Waals surface area contributed by atoms with E-state index in [9.17, 15) is 4.79 Å². The summed E-state index contributed by atoms with van der Waals surface area (Å²) in [5.74, 6) is 1.18. The number of benzene rings is 2. The number of carbonyl (C=O) groups excluding carboxylic acids is 1. The van der Waals surface area contributed by atoms with Crippen LogP contribution in [-0.2, 0) is 0 Å². The van der Waals surface area contributed by atoms with Crippen molar-refractivity contribution in [2.45, 2.75) is 26.9 Å². The Morgan fingerprint density at radius 2 is 1.96 bits per heavy atom. The predicted octanol–water partition coefficient (Wildman–Crippen LogP) is 4.20. The molecule has 0 unspecified atom stereocenters. The van der Waals surface area contributed by atoms with E-state index in [4.69, 9.17) is 4.74 Å².